The summed E-state index contributed by atoms with van der Waals surface area (Å²) < 4.78 is 4.91. The van der Waals surface area contributed by atoms with Gasteiger partial charge in [0.25, 0.3) is 0 Å². The average molecular weight is 247 g/mol. The highest BCUT2D eigenvalue weighted by Crippen LogP contribution is 2.29. The zero-order chi connectivity index (χ0) is 12.6. The molecule has 0 spiro atoms. The van der Waals surface area contributed by atoms with E-state index >= 15 is 0 Å². The molecule has 0 radical (unpaired) electrons. The van der Waals surface area contributed by atoms with Gasteiger partial charge in [-0.15, -0.1) is 0 Å². The molecule has 2 rings (SSSR count). The van der Waals surface area contributed by atoms with E-state index in [1.165, 1.54) is 0 Å². The monoisotopic (exact) mass is 247 g/mol. The molecule has 5 N–H and O–H groups in total. The lowest BCUT2D eigenvalue weighted by Gasteiger charge is -2.40. The van der Waals surface area contributed by atoms with Crippen molar-refractivity contribution in [2.24, 2.45) is 5.92 Å². The minimum Gasteiger partial charge on any atom is -0.394 e. The summed E-state index contributed by atoms with van der Waals surface area (Å²) in [5.74, 6) is -0.326. The van der Waals surface area contributed by atoms with Gasteiger partial charge in [-0.2, -0.15) is 0 Å². The maximum absolute atomic E-state index is 11.5. The molecule has 2 aliphatic rings. The van der Waals surface area contributed by atoms with Crippen LogP contribution in [0, 0.1) is 5.92 Å². The summed E-state index contributed by atoms with van der Waals surface area (Å²) >= 11 is 0. The second-order valence-corrected chi connectivity index (χ2v) is 4.54. The smallest absolute Gasteiger partial charge is 0.223 e. The third kappa shape index (κ3) is 2.58. The zero-order valence-electron chi connectivity index (χ0n) is 9.19. The van der Waals surface area contributed by atoms with Gasteiger partial charge in [-0.1, -0.05) is 0 Å². The van der Waals surface area contributed by atoms with Crippen LogP contribution in [0.4, 0.5) is 0 Å². The molecule has 0 aromatic rings. The zero-order valence-corrected chi connectivity index (χ0v) is 9.19. The Balaban J connectivity index is 1.98. The summed E-state index contributed by atoms with van der Waals surface area (Å²) in [6.07, 6.45) is -3.59. The van der Waals surface area contributed by atoms with Crippen LogP contribution in [-0.2, 0) is 9.53 Å². The molecule has 1 unspecified atom stereocenters. The lowest BCUT2D eigenvalue weighted by Crippen LogP contribution is -2.64. The number of carbonyl (C=O) groups excluding carboxylic acids is 1. The normalized spacial score (nSPS) is 42.2. The van der Waals surface area contributed by atoms with Crippen molar-refractivity contribution < 1.29 is 30.0 Å². The Hall–Kier alpha value is -0.730. The van der Waals surface area contributed by atoms with Crippen molar-refractivity contribution in [3.63, 3.8) is 0 Å². The van der Waals surface area contributed by atoms with Gasteiger partial charge in [0.15, 0.2) is 6.29 Å². The first-order valence-electron chi connectivity index (χ1n) is 5.65. The summed E-state index contributed by atoms with van der Waals surface area (Å²) in [5, 5.41) is 40.2. The number of ether oxygens (including phenoxy) is 1. The van der Waals surface area contributed by atoms with Gasteiger partial charge in [-0.05, 0) is 12.8 Å². The number of carbonyl (C=O) groups is 1. The maximum atomic E-state index is 11.5. The van der Waals surface area contributed by atoms with Gasteiger partial charge >= 0.3 is 0 Å². The van der Waals surface area contributed by atoms with E-state index in [0.717, 1.165) is 12.8 Å². The highest BCUT2D eigenvalue weighted by atomic mass is 16.6. The fraction of sp³-hybridized carbons (Fsp3) is 0.900. The van der Waals surface area contributed by atoms with Gasteiger partial charge in [-0.25, -0.2) is 0 Å². The van der Waals surface area contributed by atoms with Crippen molar-refractivity contribution in [1.29, 1.82) is 0 Å². The summed E-state index contributed by atoms with van der Waals surface area (Å²) in [6.45, 7) is -0.515. The first kappa shape index (κ1) is 12.7. The summed E-state index contributed by atoms with van der Waals surface area (Å²) in [6, 6.07) is -1.07. The number of aliphatic hydroxyl groups is 4. The summed E-state index contributed by atoms with van der Waals surface area (Å²) in [5.41, 5.74) is 0. The molecular weight excluding hydrogens is 230 g/mol. The molecule has 1 saturated carbocycles. The molecule has 1 aliphatic carbocycles. The predicted molar refractivity (Wildman–Crippen MR) is 54.6 cm³/mol. The Kier molecular flexibility index (Phi) is 3.64. The third-order valence-corrected chi connectivity index (χ3v) is 3.16. The van der Waals surface area contributed by atoms with Crippen molar-refractivity contribution >= 4 is 5.91 Å². The lowest BCUT2D eigenvalue weighted by atomic mass is 9.97. The van der Waals surface area contributed by atoms with Gasteiger partial charge < -0.3 is 30.5 Å². The van der Waals surface area contributed by atoms with E-state index in [4.69, 9.17) is 9.84 Å². The molecule has 98 valence electrons. The fourth-order valence-electron chi connectivity index (χ4n) is 1.88. The molecule has 0 bridgehead atoms. The first-order chi connectivity index (χ1) is 8.04. The Bertz CT molecular complexity index is 295. The number of hydrogen-bond donors (Lipinski definition) is 5. The molecular formula is C10H17NO6. The second kappa shape index (κ2) is 4.87. The molecule has 1 aliphatic heterocycles. The Morgan fingerprint density at radius 2 is 1.88 bits per heavy atom. The molecule has 0 aromatic carbocycles. The minimum absolute atomic E-state index is 0.0675. The molecule has 17 heavy (non-hydrogen) atoms. The first-order valence-corrected chi connectivity index (χ1v) is 5.65. The van der Waals surface area contributed by atoms with Crippen molar-refractivity contribution in [2.45, 2.75) is 43.5 Å². The standard InChI is InChI=1S/C10H17NO6/c12-3-5-7(13)8(14)6(10(16)17-5)11-9(15)4-1-2-4/h4-8,10,12-14,16H,1-3H2,(H,11,15)/t5-,6-,7-,8-,10?/m1/s1. The number of aliphatic hydroxyl groups excluding tert-OH is 4. The van der Waals surface area contributed by atoms with Crippen molar-refractivity contribution in [2.75, 3.05) is 6.61 Å². The predicted octanol–water partition coefficient (Wildman–Crippen LogP) is -2.69. The quantitative estimate of drug-likeness (QED) is 0.370. The van der Waals surface area contributed by atoms with E-state index in [9.17, 15) is 20.1 Å². The maximum Gasteiger partial charge on any atom is 0.223 e. The van der Waals surface area contributed by atoms with Crippen molar-refractivity contribution in [3.05, 3.63) is 0 Å². The van der Waals surface area contributed by atoms with Gasteiger partial charge in [0.1, 0.15) is 24.4 Å². The minimum atomic E-state index is -1.44. The van der Waals surface area contributed by atoms with E-state index in [-0.39, 0.29) is 11.8 Å². The van der Waals surface area contributed by atoms with E-state index in [0.29, 0.717) is 0 Å². The van der Waals surface area contributed by atoms with E-state index in [2.05, 4.69) is 5.32 Å². The van der Waals surface area contributed by atoms with Gasteiger partial charge in [0, 0.05) is 5.92 Å². The van der Waals surface area contributed by atoms with Gasteiger partial charge in [0.05, 0.1) is 6.61 Å². The molecule has 1 heterocycles. The highest BCUT2D eigenvalue weighted by molar-refractivity contribution is 5.81. The third-order valence-electron chi connectivity index (χ3n) is 3.16. The van der Waals surface area contributed by atoms with Gasteiger partial charge in [-0.3, -0.25) is 4.79 Å². The van der Waals surface area contributed by atoms with Crippen LogP contribution in [0.25, 0.3) is 0 Å². The van der Waals surface area contributed by atoms with Crippen LogP contribution < -0.4 is 5.32 Å². The Morgan fingerprint density at radius 1 is 1.24 bits per heavy atom. The largest absolute Gasteiger partial charge is 0.394 e. The van der Waals surface area contributed by atoms with Crippen LogP contribution in [0.5, 0.6) is 0 Å². The Morgan fingerprint density at radius 3 is 2.41 bits per heavy atom. The fourth-order valence-corrected chi connectivity index (χ4v) is 1.88. The molecule has 5 atom stereocenters. The van der Waals surface area contributed by atoms with Gasteiger partial charge in [0.2, 0.25) is 5.91 Å². The van der Waals surface area contributed by atoms with Crippen LogP contribution in [0.15, 0.2) is 0 Å². The van der Waals surface area contributed by atoms with E-state index in [1.54, 1.807) is 0 Å². The number of hydrogen-bond acceptors (Lipinski definition) is 6. The SMILES string of the molecule is O=C(N[C@H]1C(O)O[C@H](CO)[C@@H](O)[C@@H]1O)C1CC1. The molecule has 1 amide bonds. The number of nitrogens with one attached hydrogen (secondary N) is 1. The van der Waals surface area contributed by atoms with E-state index in [1.807, 2.05) is 0 Å². The summed E-state index contributed by atoms with van der Waals surface area (Å²) in [7, 11) is 0. The van der Waals surface area contributed by atoms with Crippen LogP contribution in [0.2, 0.25) is 0 Å². The second-order valence-electron chi connectivity index (χ2n) is 4.54. The van der Waals surface area contributed by atoms with E-state index < -0.39 is 37.3 Å². The molecule has 0 aromatic heterocycles. The van der Waals surface area contributed by atoms with Crippen LogP contribution in [0.1, 0.15) is 12.8 Å². The number of rotatable bonds is 3. The van der Waals surface area contributed by atoms with Crippen molar-refractivity contribution in [3.8, 4) is 0 Å². The highest BCUT2D eigenvalue weighted by Gasteiger charge is 2.45. The average Bonchev–Trinajstić information content (AvgIpc) is 3.13. The number of amides is 1. The molecule has 2 fully saturated rings. The van der Waals surface area contributed by atoms with Crippen LogP contribution in [0.3, 0.4) is 0 Å². The van der Waals surface area contributed by atoms with Crippen LogP contribution >= 0.6 is 0 Å². The topological polar surface area (TPSA) is 119 Å². The molecule has 1 saturated heterocycles. The lowest BCUT2D eigenvalue weighted by molar-refractivity contribution is -0.253. The Labute approximate surface area is 98.0 Å². The van der Waals surface area contributed by atoms with Crippen LogP contribution in [-0.4, -0.2) is 63.6 Å². The summed E-state index contributed by atoms with van der Waals surface area (Å²) in [4.78, 5) is 11.5. The molecule has 7 heteroatoms. The molecule has 7 nitrogen and oxygen atoms in total. The van der Waals surface area contributed by atoms with Crippen molar-refractivity contribution in [1.82, 2.24) is 5.32 Å².